The number of hydrogen-bond acceptors (Lipinski definition) is 5. The molecule has 4 rings (SSSR count). The summed E-state index contributed by atoms with van der Waals surface area (Å²) in [7, 11) is 0. The smallest absolute Gasteiger partial charge is 0.258 e. The van der Waals surface area contributed by atoms with Crippen LogP contribution < -0.4 is 10.7 Å². The van der Waals surface area contributed by atoms with Crippen LogP contribution in [0, 0.1) is 0 Å². The van der Waals surface area contributed by atoms with Crippen molar-refractivity contribution in [3.8, 4) is 0 Å². The number of halogens is 1. The number of ether oxygens (including phenoxy) is 1. The minimum atomic E-state index is -0.464. The highest BCUT2D eigenvalue weighted by atomic mass is 35.5. The van der Waals surface area contributed by atoms with Crippen molar-refractivity contribution in [1.82, 2.24) is 10.2 Å². The fourth-order valence-electron chi connectivity index (χ4n) is 3.33. The molecule has 150 valence electrons. The lowest BCUT2D eigenvalue weighted by Crippen LogP contribution is -2.35. The van der Waals surface area contributed by atoms with Gasteiger partial charge in [-0.25, -0.2) is 0 Å². The first kappa shape index (κ1) is 19.6. The third kappa shape index (κ3) is 4.67. The predicted molar refractivity (Wildman–Crippen MR) is 111 cm³/mol. The maximum Gasteiger partial charge on any atom is 0.258 e. The first-order valence-corrected chi connectivity index (χ1v) is 9.85. The molecule has 0 aliphatic carbocycles. The van der Waals surface area contributed by atoms with E-state index in [9.17, 15) is 9.59 Å². The zero-order valence-electron chi connectivity index (χ0n) is 15.8. The van der Waals surface area contributed by atoms with Crippen LogP contribution in [0.25, 0.3) is 11.0 Å². The Hall–Kier alpha value is -2.67. The van der Waals surface area contributed by atoms with Crippen LogP contribution in [0.1, 0.15) is 21.5 Å². The summed E-state index contributed by atoms with van der Waals surface area (Å²) in [6, 6.07) is 12.7. The summed E-state index contributed by atoms with van der Waals surface area (Å²) >= 11 is 5.87. The molecule has 1 amide bonds. The molecule has 1 N–H and O–H groups in total. The van der Waals surface area contributed by atoms with Crippen LogP contribution >= 0.6 is 11.6 Å². The van der Waals surface area contributed by atoms with Gasteiger partial charge in [0.05, 0.1) is 18.6 Å². The van der Waals surface area contributed by atoms with Crippen molar-refractivity contribution in [2.75, 3.05) is 26.3 Å². The second kappa shape index (κ2) is 8.78. The number of rotatable bonds is 5. The van der Waals surface area contributed by atoms with Crippen LogP contribution in [0.4, 0.5) is 0 Å². The molecule has 1 aromatic heterocycles. The first-order valence-electron chi connectivity index (χ1n) is 9.47. The molecule has 0 radical (unpaired) electrons. The molecule has 1 saturated heterocycles. The summed E-state index contributed by atoms with van der Waals surface area (Å²) in [5.74, 6) is -0.464. The highest BCUT2D eigenvalue weighted by Gasteiger charge is 2.16. The van der Waals surface area contributed by atoms with Crippen molar-refractivity contribution >= 4 is 28.5 Å². The molecule has 1 fully saturated rings. The maximum absolute atomic E-state index is 12.9. The van der Waals surface area contributed by atoms with E-state index in [1.807, 2.05) is 24.3 Å². The van der Waals surface area contributed by atoms with E-state index in [2.05, 4.69) is 10.2 Å². The van der Waals surface area contributed by atoms with Crippen molar-refractivity contribution in [3.63, 3.8) is 0 Å². The second-order valence-electron chi connectivity index (χ2n) is 7.01. The summed E-state index contributed by atoms with van der Waals surface area (Å²) in [6.45, 7) is 4.18. The van der Waals surface area contributed by atoms with Crippen molar-refractivity contribution in [2.24, 2.45) is 0 Å². The highest BCUT2D eigenvalue weighted by molar-refractivity contribution is 6.30. The number of amides is 1. The van der Waals surface area contributed by atoms with Gasteiger partial charge in [0.15, 0.2) is 0 Å². The number of nitrogens with one attached hydrogen (secondary N) is 1. The van der Waals surface area contributed by atoms with E-state index in [0.29, 0.717) is 35.8 Å². The van der Waals surface area contributed by atoms with Gasteiger partial charge in [-0.2, -0.15) is 0 Å². The fourth-order valence-corrected chi connectivity index (χ4v) is 3.46. The molecule has 1 aliphatic heterocycles. The normalized spacial score (nSPS) is 14.8. The predicted octanol–water partition coefficient (Wildman–Crippen LogP) is 3.21. The molecule has 0 atom stereocenters. The molecular weight excluding hydrogens is 392 g/mol. The average Bonchev–Trinajstić information content (AvgIpc) is 2.74. The topological polar surface area (TPSA) is 71.8 Å². The lowest BCUT2D eigenvalue weighted by molar-refractivity contribution is 0.0342. The summed E-state index contributed by atoms with van der Waals surface area (Å²) < 4.78 is 10.9. The molecular formula is C22H21ClN2O4. The van der Waals surface area contributed by atoms with Crippen LogP contribution in [-0.4, -0.2) is 37.1 Å². The van der Waals surface area contributed by atoms with E-state index in [1.54, 1.807) is 18.2 Å². The molecule has 0 saturated carbocycles. The molecule has 0 spiro atoms. The molecule has 29 heavy (non-hydrogen) atoms. The average molecular weight is 413 g/mol. The molecule has 0 bridgehead atoms. The fraction of sp³-hybridized carbons (Fsp3) is 0.273. The number of nitrogens with zero attached hydrogens (tertiary/aromatic N) is 1. The summed E-state index contributed by atoms with van der Waals surface area (Å²) in [5.41, 5.74) is 2.03. The number of benzene rings is 2. The number of hydrogen-bond donors (Lipinski definition) is 1. The van der Waals surface area contributed by atoms with Gasteiger partial charge >= 0.3 is 0 Å². The lowest BCUT2D eigenvalue weighted by Gasteiger charge is -2.26. The standard InChI is InChI=1S/C22H21ClN2O4/c23-17-4-1-15(2-5-17)12-24-22(27)19-14-29-20-6-3-16(11-18(20)21(19)26)13-25-7-9-28-10-8-25/h1-6,11,14H,7-10,12-13H2,(H,24,27). The third-order valence-corrected chi connectivity index (χ3v) is 5.21. The first-order chi connectivity index (χ1) is 14.1. The van der Waals surface area contributed by atoms with E-state index in [4.69, 9.17) is 20.8 Å². The van der Waals surface area contributed by atoms with Gasteiger partial charge in [-0.05, 0) is 35.4 Å². The van der Waals surface area contributed by atoms with Crippen molar-refractivity contribution in [2.45, 2.75) is 13.1 Å². The molecule has 6 nitrogen and oxygen atoms in total. The summed E-state index contributed by atoms with van der Waals surface area (Å²) in [5, 5.41) is 3.80. The van der Waals surface area contributed by atoms with Crippen molar-refractivity contribution in [3.05, 3.63) is 80.7 Å². The van der Waals surface area contributed by atoms with E-state index < -0.39 is 5.91 Å². The summed E-state index contributed by atoms with van der Waals surface area (Å²) in [6.07, 6.45) is 1.23. The van der Waals surface area contributed by atoms with Gasteiger partial charge in [0.2, 0.25) is 5.43 Å². The van der Waals surface area contributed by atoms with E-state index in [1.165, 1.54) is 6.26 Å². The van der Waals surface area contributed by atoms with Gasteiger partial charge in [0.1, 0.15) is 17.4 Å². The Kier molecular flexibility index (Phi) is 5.94. The largest absolute Gasteiger partial charge is 0.463 e. The van der Waals surface area contributed by atoms with E-state index >= 15 is 0 Å². The number of carbonyl (C=O) groups is 1. The third-order valence-electron chi connectivity index (χ3n) is 4.96. The van der Waals surface area contributed by atoms with Gasteiger partial charge in [-0.3, -0.25) is 14.5 Å². The highest BCUT2D eigenvalue weighted by Crippen LogP contribution is 2.16. The molecule has 0 unspecified atom stereocenters. The quantitative estimate of drug-likeness (QED) is 0.696. The van der Waals surface area contributed by atoms with Crippen LogP contribution in [0.15, 0.2) is 57.9 Å². The zero-order chi connectivity index (χ0) is 20.2. The molecule has 1 aliphatic rings. The minimum absolute atomic E-state index is 0.00464. The lowest BCUT2D eigenvalue weighted by atomic mass is 10.1. The minimum Gasteiger partial charge on any atom is -0.463 e. The Balaban J connectivity index is 1.52. The second-order valence-corrected chi connectivity index (χ2v) is 7.44. The molecule has 2 aromatic carbocycles. The van der Waals surface area contributed by atoms with E-state index in [0.717, 1.165) is 30.8 Å². The Labute approximate surface area is 173 Å². The van der Waals surface area contributed by atoms with Gasteiger partial charge in [0, 0.05) is 31.2 Å². The SMILES string of the molecule is O=C(NCc1ccc(Cl)cc1)c1coc2ccc(CN3CCOCC3)cc2c1=O. The molecule has 7 heteroatoms. The van der Waals surface area contributed by atoms with Crippen molar-refractivity contribution < 1.29 is 13.9 Å². The Morgan fingerprint density at radius 1 is 1.07 bits per heavy atom. The van der Waals surface area contributed by atoms with Gasteiger partial charge in [-0.1, -0.05) is 29.8 Å². The zero-order valence-corrected chi connectivity index (χ0v) is 16.6. The monoisotopic (exact) mass is 412 g/mol. The van der Waals surface area contributed by atoms with Gasteiger partial charge in [-0.15, -0.1) is 0 Å². The van der Waals surface area contributed by atoms with Crippen LogP contribution in [0.5, 0.6) is 0 Å². The number of morpholine rings is 1. The summed E-state index contributed by atoms with van der Waals surface area (Å²) in [4.78, 5) is 27.7. The van der Waals surface area contributed by atoms with Gasteiger partial charge < -0.3 is 14.5 Å². The Morgan fingerprint density at radius 2 is 1.79 bits per heavy atom. The molecule has 2 heterocycles. The van der Waals surface area contributed by atoms with Gasteiger partial charge in [0.25, 0.3) is 5.91 Å². The Bertz CT molecular complexity index is 1070. The molecule has 3 aromatic rings. The van der Waals surface area contributed by atoms with Crippen LogP contribution in [0.2, 0.25) is 5.02 Å². The number of carbonyl (C=O) groups excluding carboxylic acids is 1. The van der Waals surface area contributed by atoms with Crippen LogP contribution in [-0.2, 0) is 17.8 Å². The van der Waals surface area contributed by atoms with E-state index in [-0.39, 0.29) is 11.0 Å². The van der Waals surface area contributed by atoms with Crippen molar-refractivity contribution in [1.29, 1.82) is 0 Å². The maximum atomic E-state index is 12.9. The Morgan fingerprint density at radius 3 is 2.55 bits per heavy atom. The van der Waals surface area contributed by atoms with Crippen LogP contribution in [0.3, 0.4) is 0 Å². The number of fused-ring (bicyclic) bond motifs is 1.